The second kappa shape index (κ2) is 6.38. The van der Waals surface area contributed by atoms with E-state index in [4.69, 9.17) is 4.74 Å². The van der Waals surface area contributed by atoms with Gasteiger partial charge in [0.1, 0.15) is 5.75 Å². The summed E-state index contributed by atoms with van der Waals surface area (Å²) < 4.78 is 5.46. The van der Waals surface area contributed by atoms with Crippen molar-refractivity contribution < 1.29 is 9.84 Å². The summed E-state index contributed by atoms with van der Waals surface area (Å²) >= 11 is 0. The lowest BCUT2D eigenvalue weighted by Crippen LogP contribution is -2.14. The van der Waals surface area contributed by atoms with E-state index < -0.39 is 0 Å². The van der Waals surface area contributed by atoms with E-state index in [2.05, 4.69) is 11.9 Å². The first-order chi connectivity index (χ1) is 9.11. The van der Waals surface area contributed by atoms with Crippen LogP contribution in [0, 0.1) is 19.8 Å². The van der Waals surface area contributed by atoms with Crippen LogP contribution in [0.5, 0.6) is 5.75 Å². The molecule has 2 unspecified atom stereocenters. The summed E-state index contributed by atoms with van der Waals surface area (Å²) in [6.07, 6.45) is 8.19. The Bertz CT molecular complexity index is 431. The molecule has 1 heterocycles. The van der Waals surface area contributed by atoms with E-state index in [0.717, 1.165) is 48.3 Å². The predicted molar refractivity (Wildman–Crippen MR) is 76.5 cm³/mol. The van der Waals surface area contributed by atoms with Gasteiger partial charge in [-0.3, -0.25) is 4.98 Å². The van der Waals surface area contributed by atoms with E-state index >= 15 is 0 Å². The smallest absolute Gasteiger partial charge is 0.128 e. The maximum Gasteiger partial charge on any atom is 0.128 e. The van der Waals surface area contributed by atoms with Gasteiger partial charge < -0.3 is 9.84 Å². The summed E-state index contributed by atoms with van der Waals surface area (Å²) in [4.78, 5) is 4.57. The molecule has 2 rings (SSSR count). The molecule has 3 heteroatoms. The fraction of sp³-hybridized carbons (Fsp3) is 0.688. The Morgan fingerprint density at radius 1 is 1.32 bits per heavy atom. The molecule has 0 amide bonds. The van der Waals surface area contributed by atoms with Gasteiger partial charge in [0.2, 0.25) is 0 Å². The van der Waals surface area contributed by atoms with Gasteiger partial charge in [-0.1, -0.05) is 12.8 Å². The minimum absolute atomic E-state index is 0.125. The highest BCUT2D eigenvalue weighted by Gasteiger charge is 2.21. The lowest BCUT2D eigenvalue weighted by Gasteiger charge is -2.18. The van der Waals surface area contributed by atoms with Gasteiger partial charge in [-0.15, -0.1) is 0 Å². The quantitative estimate of drug-likeness (QED) is 0.852. The number of rotatable bonds is 3. The van der Waals surface area contributed by atoms with Crippen molar-refractivity contribution in [1.29, 1.82) is 0 Å². The van der Waals surface area contributed by atoms with Crippen molar-refractivity contribution in [3.8, 4) is 5.75 Å². The first-order valence-electron chi connectivity index (χ1n) is 7.29. The number of hydrogen-bond acceptors (Lipinski definition) is 3. The van der Waals surface area contributed by atoms with Crippen LogP contribution in [0.25, 0.3) is 0 Å². The van der Waals surface area contributed by atoms with E-state index in [1.165, 1.54) is 12.8 Å². The number of aromatic nitrogens is 1. The highest BCUT2D eigenvalue weighted by molar-refractivity contribution is 5.41. The number of pyridine rings is 1. The van der Waals surface area contributed by atoms with Gasteiger partial charge in [0, 0.05) is 23.0 Å². The molecule has 19 heavy (non-hydrogen) atoms. The Labute approximate surface area is 116 Å². The molecule has 3 nitrogen and oxygen atoms in total. The van der Waals surface area contributed by atoms with E-state index in [1.807, 2.05) is 13.1 Å². The number of ether oxygens (including phenoxy) is 1. The highest BCUT2D eigenvalue weighted by Crippen LogP contribution is 2.30. The molecule has 106 valence electrons. The molecule has 0 saturated heterocycles. The maximum atomic E-state index is 9.91. The van der Waals surface area contributed by atoms with Crippen molar-refractivity contribution >= 4 is 0 Å². The average molecular weight is 263 g/mol. The zero-order valence-electron chi connectivity index (χ0n) is 12.3. The van der Waals surface area contributed by atoms with Crippen molar-refractivity contribution in [2.45, 2.75) is 58.5 Å². The van der Waals surface area contributed by atoms with Crippen molar-refractivity contribution in [2.24, 2.45) is 5.92 Å². The fourth-order valence-corrected chi connectivity index (χ4v) is 3.17. The average Bonchev–Trinajstić information content (AvgIpc) is 2.58. The van der Waals surface area contributed by atoms with Crippen LogP contribution in [0.4, 0.5) is 0 Å². The Balaban J connectivity index is 2.14. The standard InChI is InChI=1S/C16H25NO2/c1-11-10-17-15(12(2)16(11)19-3)9-13-6-4-5-7-14(18)8-13/h10,13-14,18H,4-9H2,1-3H3. The normalized spacial score (nSPS) is 24.0. The summed E-state index contributed by atoms with van der Waals surface area (Å²) in [5.74, 6) is 1.51. The minimum Gasteiger partial charge on any atom is -0.496 e. The second-order valence-corrected chi connectivity index (χ2v) is 5.79. The van der Waals surface area contributed by atoms with Gasteiger partial charge in [-0.25, -0.2) is 0 Å². The highest BCUT2D eigenvalue weighted by atomic mass is 16.5. The minimum atomic E-state index is -0.125. The molecular weight excluding hydrogens is 238 g/mol. The molecule has 1 aliphatic rings. The molecule has 1 fully saturated rings. The van der Waals surface area contributed by atoms with Crippen LogP contribution >= 0.6 is 0 Å². The molecule has 0 radical (unpaired) electrons. The third-order valence-electron chi connectivity index (χ3n) is 4.24. The van der Waals surface area contributed by atoms with Gasteiger partial charge >= 0.3 is 0 Å². The molecule has 1 saturated carbocycles. The predicted octanol–water partition coefficient (Wildman–Crippen LogP) is 3.19. The van der Waals surface area contributed by atoms with Gasteiger partial charge in [-0.05, 0) is 45.4 Å². The van der Waals surface area contributed by atoms with E-state index in [0.29, 0.717) is 5.92 Å². The summed E-state index contributed by atoms with van der Waals surface area (Å²) in [5, 5.41) is 9.91. The first-order valence-corrected chi connectivity index (χ1v) is 7.29. The summed E-state index contributed by atoms with van der Waals surface area (Å²) in [6, 6.07) is 0. The van der Waals surface area contributed by atoms with Gasteiger partial charge in [-0.2, -0.15) is 0 Å². The second-order valence-electron chi connectivity index (χ2n) is 5.79. The zero-order chi connectivity index (χ0) is 13.8. The number of hydrogen-bond donors (Lipinski definition) is 1. The van der Waals surface area contributed by atoms with Crippen molar-refractivity contribution in [3.63, 3.8) is 0 Å². The summed E-state index contributed by atoms with van der Waals surface area (Å²) in [5.41, 5.74) is 3.37. The van der Waals surface area contributed by atoms with E-state index in [1.54, 1.807) is 7.11 Å². The van der Waals surface area contributed by atoms with Crippen LogP contribution in [0.2, 0.25) is 0 Å². The summed E-state index contributed by atoms with van der Waals surface area (Å²) in [7, 11) is 1.72. The lowest BCUT2D eigenvalue weighted by atomic mass is 9.92. The molecule has 1 aliphatic carbocycles. The Morgan fingerprint density at radius 2 is 2.05 bits per heavy atom. The topological polar surface area (TPSA) is 42.4 Å². The zero-order valence-corrected chi connectivity index (χ0v) is 12.3. The number of aryl methyl sites for hydroxylation is 1. The van der Waals surface area contributed by atoms with Crippen molar-refractivity contribution in [1.82, 2.24) is 4.98 Å². The number of methoxy groups -OCH3 is 1. The maximum absolute atomic E-state index is 9.91. The number of nitrogens with zero attached hydrogens (tertiary/aromatic N) is 1. The number of aliphatic hydroxyl groups is 1. The summed E-state index contributed by atoms with van der Waals surface area (Å²) in [6.45, 7) is 4.11. The van der Waals surface area contributed by atoms with Gasteiger partial charge in [0.05, 0.1) is 13.2 Å². The first kappa shape index (κ1) is 14.3. The molecule has 1 aromatic rings. The number of aliphatic hydroxyl groups excluding tert-OH is 1. The monoisotopic (exact) mass is 263 g/mol. The van der Waals surface area contributed by atoms with Crippen LogP contribution in [0.1, 0.15) is 48.9 Å². The van der Waals surface area contributed by atoms with E-state index in [9.17, 15) is 5.11 Å². The SMILES string of the molecule is COc1c(C)cnc(CC2CCCCC(O)C2)c1C. The Morgan fingerprint density at radius 3 is 2.79 bits per heavy atom. The van der Waals surface area contributed by atoms with Crippen LogP contribution in [0.15, 0.2) is 6.20 Å². The Kier molecular flexibility index (Phi) is 4.81. The molecule has 0 bridgehead atoms. The largest absolute Gasteiger partial charge is 0.496 e. The third kappa shape index (κ3) is 3.47. The third-order valence-corrected chi connectivity index (χ3v) is 4.24. The van der Waals surface area contributed by atoms with Crippen molar-refractivity contribution in [3.05, 3.63) is 23.0 Å². The van der Waals surface area contributed by atoms with Crippen LogP contribution in [-0.4, -0.2) is 23.3 Å². The van der Waals surface area contributed by atoms with E-state index in [-0.39, 0.29) is 6.10 Å². The van der Waals surface area contributed by atoms with Crippen LogP contribution in [-0.2, 0) is 6.42 Å². The van der Waals surface area contributed by atoms with Crippen LogP contribution in [0.3, 0.4) is 0 Å². The molecule has 1 N–H and O–H groups in total. The van der Waals surface area contributed by atoms with Gasteiger partial charge in [0.15, 0.2) is 0 Å². The molecule has 0 aliphatic heterocycles. The molecule has 0 aromatic carbocycles. The van der Waals surface area contributed by atoms with Crippen LogP contribution < -0.4 is 4.74 Å². The molecule has 0 spiro atoms. The molecule has 2 atom stereocenters. The molecular formula is C16H25NO2. The van der Waals surface area contributed by atoms with Gasteiger partial charge in [0.25, 0.3) is 0 Å². The Hall–Kier alpha value is -1.09. The molecule has 1 aromatic heterocycles. The lowest BCUT2D eigenvalue weighted by molar-refractivity contribution is 0.141. The fourth-order valence-electron chi connectivity index (χ4n) is 3.17. The van der Waals surface area contributed by atoms with Crippen molar-refractivity contribution in [2.75, 3.05) is 7.11 Å².